The van der Waals surface area contributed by atoms with Crippen LogP contribution in [-0.4, -0.2) is 40.7 Å². The molecule has 0 aromatic heterocycles. The van der Waals surface area contributed by atoms with Crippen molar-refractivity contribution in [2.45, 2.75) is 243 Å². The van der Waals surface area contributed by atoms with E-state index < -0.39 is 0 Å². The molecular formula is C103H124B2O4. The van der Waals surface area contributed by atoms with Crippen molar-refractivity contribution in [2.24, 2.45) is 10.8 Å². The van der Waals surface area contributed by atoms with Crippen LogP contribution in [0.3, 0.4) is 0 Å². The van der Waals surface area contributed by atoms with Crippen molar-refractivity contribution in [3.8, 4) is 77.9 Å². The van der Waals surface area contributed by atoms with E-state index >= 15 is 0 Å². The summed E-state index contributed by atoms with van der Waals surface area (Å²) in [6.07, 6.45) is 0. The topological polar surface area (TPSA) is 36.9 Å². The fourth-order valence-electron chi connectivity index (χ4n) is 16.7. The highest BCUT2D eigenvalue weighted by Gasteiger charge is 2.43. The van der Waals surface area contributed by atoms with E-state index in [0.717, 1.165) is 22.1 Å². The molecular weight excluding hydrogens is 1320 g/mol. The summed E-state index contributed by atoms with van der Waals surface area (Å²) in [5.41, 5.74) is 38.4. The second-order valence-electron chi connectivity index (χ2n) is 41.9. The molecule has 0 atom stereocenters. The highest BCUT2D eigenvalue weighted by Crippen LogP contribution is 2.57. The molecule has 5 aliphatic rings. The Hall–Kier alpha value is -7.83. The molecule has 10 aromatic carbocycles. The Bertz CT molecular complexity index is 4730. The van der Waals surface area contributed by atoms with Crippen LogP contribution < -0.4 is 10.9 Å². The molecule has 6 heteroatoms. The lowest BCUT2D eigenvalue weighted by molar-refractivity contribution is 0.0342. The largest absolute Gasteiger partial charge is 0.493 e. The van der Waals surface area contributed by atoms with Gasteiger partial charge in [0.2, 0.25) is 0 Å². The van der Waals surface area contributed by atoms with E-state index in [1.165, 1.54) is 134 Å². The molecule has 4 nitrogen and oxygen atoms in total. The van der Waals surface area contributed by atoms with Crippen LogP contribution in [0.1, 0.15) is 261 Å². The van der Waals surface area contributed by atoms with E-state index in [4.69, 9.17) is 18.6 Å². The molecule has 0 unspecified atom stereocenters. The average Bonchev–Trinajstić information content (AvgIpc) is 1.57. The number of benzene rings is 10. The number of rotatable bonds is 6. The molecule has 10 aromatic rings. The molecule has 2 saturated heterocycles. The van der Waals surface area contributed by atoms with Gasteiger partial charge in [0.1, 0.15) is 0 Å². The Balaban J connectivity index is 0.000000168. The maximum Gasteiger partial charge on any atom is 0.493 e. The normalized spacial score (nSPS) is 17.2. The summed E-state index contributed by atoms with van der Waals surface area (Å²) in [6.45, 7) is 67.6. The fourth-order valence-corrected chi connectivity index (χ4v) is 16.7. The van der Waals surface area contributed by atoms with E-state index in [9.17, 15) is 0 Å². The molecule has 0 spiro atoms. The van der Waals surface area contributed by atoms with Crippen molar-refractivity contribution in [3.63, 3.8) is 0 Å². The molecule has 0 radical (unpaired) electrons. The molecule has 0 N–H and O–H groups in total. The lowest BCUT2D eigenvalue weighted by atomic mass is 9.75. The minimum atomic E-state index is -0.269. The average molecular weight is 1450 g/mol. The molecule has 3 aliphatic carbocycles. The molecule has 0 amide bonds. The van der Waals surface area contributed by atoms with Crippen molar-refractivity contribution in [3.05, 3.63) is 261 Å². The first-order valence-corrected chi connectivity index (χ1v) is 40.4. The number of fused-ring (bicyclic) bond motifs is 9. The van der Waals surface area contributed by atoms with Gasteiger partial charge in [0.15, 0.2) is 0 Å². The van der Waals surface area contributed by atoms with E-state index in [2.05, 4.69) is 388 Å². The summed E-state index contributed by atoms with van der Waals surface area (Å²) in [7, 11) is -0.538. The Morgan fingerprint density at radius 2 is 0.431 bits per heavy atom. The van der Waals surface area contributed by atoms with Gasteiger partial charge >= 0.3 is 14.2 Å². The molecule has 109 heavy (non-hydrogen) atoms. The molecule has 2 aliphatic heterocycles. The van der Waals surface area contributed by atoms with Gasteiger partial charge in [-0.05, 0) is 200 Å². The second-order valence-corrected chi connectivity index (χ2v) is 41.9. The quantitative estimate of drug-likeness (QED) is 0.156. The third kappa shape index (κ3) is 15.7. The van der Waals surface area contributed by atoms with Crippen molar-refractivity contribution in [2.75, 3.05) is 26.4 Å². The minimum Gasteiger partial charge on any atom is -0.407 e. The molecule has 566 valence electrons. The maximum atomic E-state index is 5.87. The lowest BCUT2D eigenvalue weighted by Gasteiger charge is -2.33. The van der Waals surface area contributed by atoms with Crippen molar-refractivity contribution >= 4 is 25.2 Å². The number of hydrogen-bond acceptors (Lipinski definition) is 4. The smallest absolute Gasteiger partial charge is 0.407 e. The minimum absolute atomic E-state index is 0.0343. The highest BCUT2D eigenvalue weighted by atomic mass is 16.6. The number of hydrogen-bond donors (Lipinski definition) is 0. The van der Waals surface area contributed by atoms with Gasteiger partial charge in [0, 0.05) is 53.5 Å². The van der Waals surface area contributed by atoms with Crippen molar-refractivity contribution in [1.29, 1.82) is 0 Å². The van der Waals surface area contributed by atoms with E-state index in [0.29, 0.717) is 26.4 Å². The van der Waals surface area contributed by atoms with Crippen LogP contribution in [0.15, 0.2) is 194 Å². The summed E-state index contributed by atoms with van der Waals surface area (Å²) in [5, 5.41) is 0. The summed E-state index contributed by atoms with van der Waals surface area (Å²) in [4.78, 5) is 0. The molecule has 2 heterocycles. The Morgan fingerprint density at radius 3 is 0.688 bits per heavy atom. The van der Waals surface area contributed by atoms with Gasteiger partial charge in [-0.15, -0.1) is 0 Å². The van der Waals surface area contributed by atoms with Gasteiger partial charge < -0.3 is 18.6 Å². The van der Waals surface area contributed by atoms with Gasteiger partial charge in [-0.3, -0.25) is 0 Å². The maximum absolute atomic E-state index is 5.87. The Morgan fingerprint density at radius 1 is 0.220 bits per heavy atom. The predicted molar refractivity (Wildman–Crippen MR) is 468 cm³/mol. The lowest BCUT2D eigenvalue weighted by Crippen LogP contribution is -2.47. The van der Waals surface area contributed by atoms with E-state index in [-0.39, 0.29) is 73.8 Å². The van der Waals surface area contributed by atoms with Crippen LogP contribution in [0.25, 0.3) is 77.9 Å². The van der Waals surface area contributed by atoms with Gasteiger partial charge in [-0.25, -0.2) is 0 Å². The first-order chi connectivity index (χ1) is 50.5. The van der Waals surface area contributed by atoms with Crippen LogP contribution in [0.4, 0.5) is 0 Å². The molecule has 0 saturated carbocycles. The predicted octanol–water partition coefficient (Wildman–Crippen LogP) is 26.0. The first-order valence-electron chi connectivity index (χ1n) is 40.4. The van der Waals surface area contributed by atoms with Crippen molar-refractivity contribution < 1.29 is 18.6 Å². The fraction of sp³-hybridized carbons (Fsp3) is 0.417. The SMILES string of the molecule is CC(C)(C)c1ccc2c(c1)C(C)(C)c1cc(C(C)(C)C)cc(-c3ccc(-c4ccc(-c5cc(C(C)(C)C)cc6c5-c5ccc(C(C)(C)C)cc5C6(C)C)cc4)cc3)c1-2.CC(C)(C)c1ccc2c(c1)C(C)(C)c1cc(C(C)(C)C)ccc1-2.CC1(C)COB(c2ccc(-c3ccc(B4OCC(C)(C)CO4)cc3)cc2)OC1. The molecule has 2 fully saturated rings. The Labute approximate surface area is 658 Å². The zero-order valence-corrected chi connectivity index (χ0v) is 71.6. The monoisotopic (exact) mass is 1450 g/mol. The van der Waals surface area contributed by atoms with Crippen LogP contribution in [0.2, 0.25) is 0 Å². The van der Waals surface area contributed by atoms with E-state index in [1.807, 2.05) is 0 Å². The second kappa shape index (κ2) is 27.8. The third-order valence-electron chi connectivity index (χ3n) is 24.3. The zero-order chi connectivity index (χ0) is 79.1. The Kier molecular flexibility index (Phi) is 20.2. The molecule has 0 bridgehead atoms. The zero-order valence-electron chi connectivity index (χ0n) is 71.6. The summed E-state index contributed by atoms with van der Waals surface area (Å²) >= 11 is 0. The van der Waals surface area contributed by atoms with Crippen LogP contribution in [0, 0.1) is 10.8 Å². The van der Waals surface area contributed by atoms with Gasteiger partial charge in [0.25, 0.3) is 0 Å². The highest BCUT2D eigenvalue weighted by molar-refractivity contribution is 6.62. The van der Waals surface area contributed by atoms with Crippen LogP contribution >= 0.6 is 0 Å². The van der Waals surface area contributed by atoms with E-state index in [1.54, 1.807) is 0 Å². The summed E-state index contributed by atoms with van der Waals surface area (Å²) in [5.74, 6) is 0. The van der Waals surface area contributed by atoms with Crippen LogP contribution in [-0.2, 0) is 67.4 Å². The third-order valence-corrected chi connectivity index (χ3v) is 24.3. The summed E-state index contributed by atoms with van der Waals surface area (Å²) in [6, 6.07) is 74.1. The van der Waals surface area contributed by atoms with Crippen LogP contribution in [0.5, 0.6) is 0 Å². The standard InChI is InChI=1S/C58H66.C23H30.C22H28B2O4/c1-53(2,3)39-25-27-43-47(31-39)57(13,14)49-33-41(55(7,8)9)29-45(51(43)49)37-21-17-35(18-22-37)36-19-23-38(24-20-36)46-30-42(56(10,11)12)34-50-52(46)44-28-26-40(54(4,5)6)32-48(44)58(50,15)16;1-21(2,3)15-9-11-17-18-12-10-16(22(4,5)6)14-20(18)23(7,8)19(17)13-15;1-21(2)13-25-23(26-14-21)19-9-5-17(6-10-19)18-7-11-20(12-8-18)24-27-15-22(3,4)16-28-24/h17-34H,1-16H3;9-14H,1-8H3;5-12H,13-16H2,1-4H3. The molecule has 15 rings (SSSR count). The van der Waals surface area contributed by atoms with Gasteiger partial charge in [-0.2, -0.15) is 0 Å². The first kappa shape index (κ1) is 79.3. The van der Waals surface area contributed by atoms with Gasteiger partial charge in [-0.1, -0.05) is 376 Å². The van der Waals surface area contributed by atoms with Gasteiger partial charge in [0.05, 0.1) is 0 Å². The van der Waals surface area contributed by atoms with Crippen molar-refractivity contribution in [1.82, 2.24) is 0 Å². The summed E-state index contributed by atoms with van der Waals surface area (Å²) < 4.78 is 23.5.